The van der Waals surface area contributed by atoms with Crippen LogP contribution in [-0.2, 0) is 0 Å². The fourth-order valence-electron chi connectivity index (χ4n) is 3.51. The Morgan fingerprint density at radius 2 is 1.93 bits per heavy atom. The van der Waals surface area contributed by atoms with E-state index in [1.165, 1.54) is 7.11 Å². The molecule has 0 bridgehead atoms. The van der Waals surface area contributed by atoms with Crippen molar-refractivity contribution in [2.24, 2.45) is 0 Å². The van der Waals surface area contributed by atoms with E-state index in [0.717, 1.165) is 39.9 Å². The van der Waals surface area contributed by atoms with E-state index in [4.69, 9.17) is 19.2 Å². The molecule has 0 spiro atoms. The van der Waals surface area contributed by atoms with Crippen LogP contribution in [0.25, 0.3) is 16.9 Å². The molecule has 0 atom stereocenters. The number of aromatic hydroxyl groups is 1. The fraction of sp³-hybridized carbons (Fsp3) is 0.136. The predicted molar refractivity (Wildman–Crippen MR) is 109 cm³/mol. The molecule has 0 saturated heterocycles. The van der Waals surface area contributed by atoms with Crippen molar-refractivity contribution in [1.82, 2.24) is 9.38 Å². The van der Waals surface area contributed by atoms with Crippen molar-refractivity contribution in [3.63, 3.8) is 0 Å². The lowest BCUT2D eigenvalue weighted by Gasteiger charge is -2.12. The zero-order chi connectivity index (χ0) is 20.0. The number of phenolic OH excluding ortho intramolecular Hbond substituents is 1. The number of benzene rings is 2. The van der Waals surface area contributed by atoms with Crippen LogP contribution in [0.5, 0.6) is 23.0 Å². The van der Waals surface area contributed by atoms with E-state index in [2.05, 4.69) is 9.72 Å². The molecule has 0 amide bonds. The van der Waals surface area contributed by atoms with Gasteiger partial charge in [-0.1, -0.05) is 6.07 Å². The Bertz CT molecular complexity index is 1230. The minimum absolute atomic E-state index is 0.0847. The Hall–Kier alpha value is -3.87. The Morgan fingerprint density at radius 3 is 2.79 bits per heavy atom. The molecule has 2 aromatic heterocycles. The maximum absolute atomic E-state index is 9.97. The second-order valence-electron chi connectivity index (χ2n) is 6.75. The lowest BCUT2D eigenvalue weighted by Crippen LogP contribution is -1.99. The van der Waals surface area contributed by atoms with Gasteiger partial charge in [-0.25, -0.2) is 4.98 Å². The van der Waals surface area contributed by atoms with Crippen LogP contribution in [0.4, 0.5) is 11.5 Å². The molecule has 2 N–H and O–H groups in total. The third kappa shape index (κ3) is 2.87. The van der Waals surface area contributed by atoms with E-state index in [9.17, 15) is 5.11 Å². The first-order chi connectivity index (χ1) is 14.1. The number of pyridine rings is 1. The first-order valence-electron chi connectivity index (χ1n) is 9.16. The van der Waals surface area contributed by atoms with Gasteiger partial charge in [0.1, 0.15) is 17.2 Å². The van der Waals surface area contributed by atoms with Crippen LogP contribution in [-0.4, -0.2) is 28.4 Å². The van der Waals surface area contributed by atoms with Gasteiger partial charge in [0.25, 0.3) is 0 Å². The van der Waals surface area contributed by atoms with Crippen LogP contribution in [0.2, 0.25) is 0 Å². The highest BCUT2D eigenvalue weighted by molar-refractivity contribution is 5.81. The Labute approximate surface area is 167 Å². The zero-order valence-corrected chi connectivity index (χ0v) is 16.0. The van der Waals surface area contributed by atoms with E-state index < -0.39 is 0 Å². The molecular formula is C22H19N3O4. The maximum Gasteiger partial charge on any atom is 0.231 e. The molecule has 0 radical (unpaired) electrons. The number of nitrogens with one attached hydrogen (secondary N) is 1. The summed E-state index contributed by atoms with van der Waals surface area (Å²) in [4.78, 5) is 4.82. The highest BCUT2D eigenvalue weighted by Gasteiger charge is 2.19. The van der Waals surface area contributed by atoms with Gasteiger partial charge >= 0.3 is 0 Å². The molecule has 1 aliphatic heterocycles. The van der Waals surface area contributed by atoms with Gasteiger partial charge in [-0.15, -0.1) is 0 Å². The summed E-state index contributed by atoms with van der Waals surface area (Å²) in [7, 11) is 1.53. The number of hydrogen-bond acceptors (Lipinski definition) is 6. The van der Waals surface area contributed by atoms with Crippen LogP contribution in [0.1, 0.15) is 5.69 Å². The van der Waals surface area contributed by atoms with Crippen LogP contribution in [0.3, 0.4) is 0 Å². The van der Waals surface area contributed by atoms with Gasteiger partial charge in [0.2, 0.25) is 6.79 Å². The quantitative estimate of drug-likeness (QED) is 0.535. The summed E-state index contributed by atoms with van der Waals surface area (Å²) in [5, 5.41) is 13.4. The van der Waals surface area contributed by atoms with E-state index in [1.807, 2.05) is 49.4 Å². The van der Waals surface area contributed by atoms with Crippen molar-refractivity contribution < 1.29 is 19.3 Å². The molecule has 7 heteroatoms. The highest BCUT2D eigenvalue weighted by atomic mass is 16.7. The number of rotatable bonds is 4. The first-order valence-corrected chi connectivity index (χ1v) is 9.16. The average Bonchev–Trinajstić information content (AvgIpc) is 3.33. The normalized spacial score (nSPS) is 12.3. The van der Waals surface area contributed by atoms with Gasteiger partial charge in [0.05, 0.1) is 7.11 Å². The van der Waals surface area contributed by atoms with E-state index >= 15 is 0 Å². The number of ether oxygens (including phenoxy) is 3. The number of phenols is 1. The van der Waals surface area contributed by atoms with E-state index in [-0.39, 0.29) is 12.5 Å². The topological polar surface area (TPSA) is 77.3 Å². The standard InChI is InChI=1S/C22H19N3O4/c1-13-4-3-5-20-24-21(14-6-8-16(26)18(10-14)27-2)22(25(13)20)23-15-7-9-17-19(11-15)29-12-28-17/h3-11,23,26H,12H2,1-2H3. The van der Waals surface area contributed by atoms with Gasteiger partial charge in [0.15, 0.2) is 23.0 Å². The third-order valence-corrected chi connectivity index (χ3v) is 4.93. The largest absolute Gasteiger partial charge is 0.504 e. The highest BCUT2D eigenvalue weighted by Crippen LogP contribution is 2.39. The minimum Gasteiger partial charge on any atom is -0.504 e. The van der Waals surface area contributed by atoms with Crippen molar-refractivity contribution in [2.45, 2.75) is 6.92 Å². The Morgan fingerprint density at radius 1 is 1.07 bits per heavy atom. The summed E-state index contributed by atoms with van der Waals surface area (Å²) in [5.41, 5.74) is 4.28. The summed E-state index contributed by atoms with van der Waals surface area (Å²) in [6, 6.07) is 16.9. The molecule has 3 heterocycles. The number of aromatic nitrogens is 2. The first kappa shape index (κ1) is 17.2. The van der Waals surface area contributed by atoms with Crippen molar-refractivity contribution in [1.29, 1.82) is 0 Å². The smallest absolute Gasteiger partial charge is 0.231 e. The lowest BCUT2D eigenvalue weighted by atomic mass is 10.1. The molecule has 146 valence electrons. The number of aryl methyl sites for hydroxylation is 1. The average molecular weight is 389 g/mol. The number of methoxy groups -OCH3 is 1. The van der Waals surface area contributed by atoms with Crippen LogP contribution in [0, 0.1) is 6.92 Å². The summed E-state index contributed by atoms with van der Waals surface area (Å²) in [6.45, 7) is 2.26. The SMILES string of the molecule is COc1cc(-c2nc3cccc(C)n3c2Nc2ccc3c(c2)OCO3)ccc1O. The van der Waals surface area contributed by atoms with E-state index in [0.29, 0.717) is 11.5 Å². The van der Waals surface area contributed by atoms with Gasteiger partial charge < -0.3 is 24.6 Å². The molecule has 4 aromatic rings. The Kier molecular flexibility index (Phi) is 3.94. The minimum atomic E-state index is 0.0847. The molecule has 1 aliphatic rings. The molecule has 5 rings (SSSR count). The van der Waals surface area contributed by atoms with Gasteiger partial charge in [-0.2, -0.15) is 0 Å². The number of fused-ring (bicyclic) bond motifs is 2. The second-order valence-corrected chi connectivity index (χ2v) is 6.75. The molecule has 0 aliphatic carbocycles. The number of imidazole rings is 1. The molecule has 0 fully saturated rings. The molecule has 0 saturated carbocycles. The summed E-state index contributed by atoms with van der Waals surface area (Å²) < 4.78 is 18.2. The zero-order valence-electron chi connectivity index (χ0n) is 16.0. The predicted octanol–water partition coefficient (Wildman–Crippen LogP) is 4.50. The van der Waals surface area contributed by atoms with Crippen molar-refractivity contribution >= 4 is 17.2 Å². The van der Waals surface area contributed by atoms with Crippen LogP contribution >= 0.6 is 0 Å². The van der Waals surface area contributed by atoms with Gasteiger partial charge in [0, 0.05) is 23.0 Å². The van der Waals surface area contributed by atoms with Crippen molar-refractivity contribution in [2.75, 3.05) is 19.2 Å². The van der Waals surface area contributed by atoms with Crippen molar-refractivity contribution in [3.05, 3.63) is 60.3 Å². The summed E-state index contributed by atoms with van der Waals surface area (Å²) >= 11 is 0. The monoisotopic (exact) mass is 389 g/mol. The molecule has 29 heavy (non-hydrogen) atoms. The number of anilines is 2. The molecule has 7 nitrogen and oxygen atoms in total. The maximum atomic E-state index is 9.97. The number of nitrogens with zero attached hydrogens (tertiary/aromatic N) is 2. The molecule has 0 unspecified atom stereocenters. The van der Waals surface area contributed by atoms with Crippen molar-refractivity contribution in [3.8, 4) is 34.3 Å². The van der Waals surface area contributed by atoms with Gasteiger partial charge in [-0.05, 0) is 49.4 Å². The Balaban J connectivity index is 1.68. The number of hydrogen-bond donors (Lipinski definition) is 2. The third-order valence-electron chi connectivity index (χ3n) is 4.93. The van der Waals surface area contributed by atoms with Crippen LogP contribution < -0.4 is 19.5 Å². The molecule has 2 aromatic carbocycles. The van der Waals surface area contributed by atoms with Gasteiger partial charge in [-0.3, -0.25) is 4.40 Å². The van der Waals surface area contributed by atoms with E-state index in [1.54, 1.807) is 12.1 Å². The molecular weight excluding hydrogens is 370 g/mol. The van der Waals surface area contributed by atoms with Crippen LogP contribution in [0.15, 0.2) is 54.6 Å². The second kappa shape index (κ2) is 6.63. The fourth-order valence-corrected chi connectivity index (χ4v) is 3.51. The summed E-state index contributed by atoms with van der Waals surface area (Å²) in [6.07, 6.45) is 0. The lowest BCUT2D eigenvalue weighted by molar-refractivity contribution is 0.174. The summed E-state index contributed by atoms with van der Waals surface area (Å²) in [5.74, 6) is 2.72.